The Hall–Kier alpha value is -2.05. The Morgan fingerprint density at radius 2 is 2.15 bits per heavy atom. The lowest BCUT2D eigenvalue weighted by atomic mass is 10.0. The number of likely N-dealkylation sites (N-methyl/N-ethyl adjacent to an activating group) is 1. The number of carbonyl (C=O) groups excluding carboxylic acids is 1. The Balaban J connectivity index is 1.55. The summed E-state index contributed by atoms with van der Waals surface area (Å²) in [5.74, 6) is 1.25. The van der Waals surface area contributed by atoms with E-state index in [2.05, 4.69) is 30.1 Å². The molecule has 0 saturated heterocycles. The number of nitrogens with one attached hydrogen (secondary N) is 1. The molecule has 2 heterocycles. The minimum Gasteiger partial charge on any atom is -0.483 e. The number of carbonyl (C=O) groups is 1. The average Bonchev–Trinajstić information content (AvgIpc) is 3.19. The lowest BCUT2D eigenvalue weighted by Crippen LogP contribution is -2.36. The molecule has 3 rings (SSSR count). The highest BCUT2D eigenvalue weighted by atomic mass is 32.1. The minimum atomic E-state index is -0.232. The van der Waals surface area contributed by atoms with E-state index in [0.717, 1.165) is 17.7 Å². The summed E-state index contributed by atoms with van der Waals surface area (Å²) in [5, 5.41) is 5.02. The van der Waals surface area contributed by atoms with Gasteiger partial charge in [0.15, 0.2) is 18.1 Å². The Morgan fingerprint density at radius 3 is 2.85 bits per heavy atom. The maximum Gasteiger partial charge on any atom is 0.258 e. The molecule has 0 spiro atoms. The van der Waals surface area contributed by atoms with Crippen LogP contribution >= 0.6 is 11.3 Å². The van der Waals surface area contributed by atoms with E-state index in [1.165, 1.54) is 4.88 Å². The predicted molar refractivity (Wildman–Crippen MR) is 104 cm³/mol. The monoisotopic (exact) mass is 374 g/mol. The molecule has 0 aliphatic carbocycles. The standard InChI is InChI=1S/C20H26N2O3S/c1-20(2)11-14-7-5-8-16(19(14)25-20)24-13-18(23)21-12-15(22(3)4)17-9-6-10-26-17/h5-10,15H,11-13H2,1-4H3,(H,21,23). The number of thiophene rings is 1. The number of fused-ring (bicyclic) bond motifs is 1. The molecule has 1 atom stereocenters. The van der Waals surface area contributed by atoms with Gasteiger partial charge < -0.3 is 19.7 Å². The molecule has 140 valence electrons. The number of amides is 1. The topological polar surface area (TPSA) is 50.8 Å². The summed E-state index contributed by atoms with van der Waals surface area (Å²) in [6, 6.07) is 10.1. The summed E-state index contributed by atoms with van der Waals surface area (Å²) in [6.07, 6.45) is 0.844. The maximum absolute atomic E-state index is 12.2. The third-order valence-corrected chi connectivity index (χ3v) is 5.37. The number of rotatable bonds is 7. The van der Waals surface area contributed by atoms with Crippen LogP contribution in [-0.2, 0) is 11.2 Å². The van der Waals surface area contributed by atoms with Gasteiger partial charge in [0.2, 0.25) is 0 Å². The molecule has 0 bridgehead atoms. The third-order valence-electron chi connectivity index (χ3n) is 4.40. The highest BCUT2D eigenvalue weighted by Gasteiger charge is 2.32. The SMILES string of the molecule is CN(C)C(CNC(=O)COc1cccc2c1OC(C)(C)C2)c1cccs1. The highest BCUT2D eigenvalue weighted by Crippen LogP contribution is 2.41. The molecule has 1 aliphatic rings. The number of nitrogens with zero attached hydrogens (tertiary/aromatic N) is 1. The lowest BCUT2D eigenvalue weighted by molar-refractivity contribution is -0.123. The molecule has 1 aliphatic heterocycles. The van der Waals surface area contributed by atoms with Crippen LogP contribution in [0.2, 0.25) is 0 Å². The number of ether oxygens (including phenoxy) is 2. The van der Waals surface area contributed by atoms with Crippen LogP contribution in [-0.4, -0.2) is 43.7 Å². The van der Waals surface area contributed by atoms with Crippen molar-refractivity contribution in [3.05, 3.63) is 46.2 Å². The van der Waals surface area contributed by atoms with Gasteiger partial charge in [0.1, 0.15) is 5.60 Å². The normalized spacial score (nSPS) is 16.0. The molecule has 1 aromatic heterocycles. The first-order valence-electron chi connectivity index (χ1n) is 8.76. The molecule has 0 radical (unpaired) electrons. The largest absolute Gasteiger partial charge is 0.483 e. The fourth-order valence-corrected chi connectivity index (χ4v) is 4.05. The van der Waals surface area contributed by atoms with E-state index in [9.17, 15) is 4.79 Å². The van der Waals surface area contributed by atoms with E-state index in [1.807, 2.05) is 43.7 Å². The van der Waals surface area contributed by atoms with Crippen molar-refractivity contribution in [3.8, 4) is 11.5 Å². The van der Waals surface area contributed by atoms with E-state index >= 15 is 0 Å². The zero-order valence-corrected chi connectivity index (χ0v) is 16.6. The van der Waals surface area contributed by atoms with Gasteiger partial charge in [-0.15, -0.1) is 11.3 Å². The van der Waals surface area contributed by atoms with Crippen molar-refractivity contribution in [2.24, 2.45) is 0 Å². The van der Waals surface area contributed by atoms with Gasteiger partial charge in [-0.2, -0.15) is 0 Å². The summed E-state index contributed by atoms with van der Waals surface area (Å²) in [5.41, 5.74) is 0.891. The number of para-hydroxylation sites is 1. The van der Waals surface area contributed by atoms with E-state index in [4.69, 9.17) is 9.47 Å². The fourth-order valence-electron chi connectivity index (χ4n) is 3.12. The van der Waals surface area contributed by atoms with Crippen LogP contribution in [0.25, 0.3) is 0 Å². The summed E-state index contributed by atoms with van der Waals surface area (Å²) < 4.78 is 11.7. The smallest absolute Gasteiger partial charge is 0.258 e. The fraction of sp³-hybridized carbons (Fsp3) is 0.450. The average molecular weight is 375 g/mol. The molecule has 0 saturated carbocycles. The molecule has 0 fully saturated rings. The Labute approximate surface area is 158 Å². The van der Waals surface area contributed by atoms with Crippen LogP contribution in [0.3, 0.4) is 0 Å². The summed E-state index contributed by atoms with van der Waals surface area (Å²) in [4.78, 5) is 15.6. The molecule has 5 nitrogen and oxygen atoms in total. The van der Waals surface area contributed by atoms with Crippen molar-refractivity contribution in [2.75, 3.05) is 27.2 Å². The number of benzene rings is 1. The Kier molecular flexibility index (Phi) is 5.53. The van der Waals surface area contributed by atoms with E-state index in [1.54, 1.807) is 11.3 Å². The molecule has 26 heavy (non-hydrogen) atoms. The third kappa shape index (κ3) is 4.37. The van der Waals surface area contributed by atoms with Gasteiger partial charge in [-0.1, -0.05) is 18.2 Å². The molecule has 1 aromatic carbocycles. The maximum atomic E-state index is 12.2. The van der Waals surface area contributed by atoms with Crippen LogP contribution in [0.5, 0.6) is 11.5 Å². The lowest BCUT2D eigenvalue weighted by Gasteiger charge is -2.23. The van der Waals surface area contributed by atoms with E-state index in [0.29, 0.717) is 12.3 Å². The molecular weight excluding hydrogens is 348 g/mol. The van der Waals surface area contributed by atoms with Crippen LogP contribution in [0.1, 0.15) is 30.3 Å². The van der Waals surface area contributed by atoms with E-state index in [-0.39, 0.29) is 24.2 Å². The van der Waals surface area contributed by atoms with Gasteiger partial charge in [-0.05, 0) is 45.5 Å². The number of hydrogen-bond donors (Lipinski definition) is 1. The molecule has 1 unspecified atom stereocenters. The van der Waals surface area contributed by atoms with Crippen molar-refractivity contribution < 1.29 is 14.3 Å². The second kappa shape index (κ2) is 7.68. The van der Waals surface area contributed by atoms with Crippen molar-refractivity contribution in [3.63, 3.8) is 0 Å². The van der Waals surface area contributed by atoms with Crippen LogP contribution in [0, 0.1) is 0 Å². The van der Waals surface area contributed by atoms with Crippen LogP contribution in [0.15, 0.2) is 35.7 Å². The van der Waals surface area contributed by atoms with Crippen molar-refractivity contribution >= 4 is 17.2 Å². The quantitative estimate of drug-likeness (QED) is 0.808. The van der Waals surface area contributed by atoms with Gasteiger partial charge in [-0.3, -0.25) is 4.79 Å². The zero-order chi connectivity index (χ0) is 18.7. The van der Waals surface area contributed by atoms with Crippen molar-refractivity contribution in [1.82, 2.24) is 10.2 Å². The number of hydrogen-bond acceptors (Lipinski definition) is 5. The van der Waals surface area contributed by atoms with Gasteiger partial charge in [0.25, 0.3) is 5.91 Å². The molecular formula is C20H26N2O3S. The molecule has 1 amide bonds. The second-order valence-corrected chi connectivity index (χ2v) is 8.35. The Morgan fingerprint density at radius 1 is 1.35 bits per heavy atom. The predicted octanol–water partition coefficient (Wildman–Crippen LogP) is 3.26. The molecule has 1 N–H and O–H groups in total. The minimum absolute atomic E-state index is 0.0230. The van der Waals surface area contributed by atoms with Crippen LogP contribution in [0.4, 0.5) is 0 Å². The molecule has 2 aromatic rings. The van der Waals surface area contributed by atoms with Gasteiger partial charge in [0.05, 0.1) is 6.04 Å². The summed E-state index contributed by atoms with van der Waals surface area (Å²) in [6.45, 7) is 4.63. The first-order chi connectivity index (χ1) is 12.4. The van der Waals surface area contributed by atoms with Crippen molar-refractivity contribution in [2.45, 2.75) is 31.9 Å². The van der Waals surface area contributed by atoms with Gasteiger partial charge in [-0.25, -0.2) is 0 Å². The summed E-state index contributed by atoms with van der Waals surface area (Å²) in [7, 11) is 4.03. The van der Waals surface area contributed by atoms with Crippen molar-refractivity contribution in [1.29, 1.82) is 0 Å². The first kappa shape index (κ1) is 18.7. The second-order valence-electron chi connectivity index (χ2n) is 7.37. The van der Waals surface area contributed by atoms with E-state index < -0.39 is 0 Å². The van der Waals surface area contributed by atoms with Crippen LogP contribution < -0.4 is 14.8 Å². The van der Waals surface area contributed by atoms with Gasteiger partial charge >= 0.3 is 0 Å². The Bertz CT molecular complexity index is 756. The zero-order valence-electron chi connectivity index (χ0n) is 15.7. The first-order valence-corrected chi connectivity index (χ1v) is 9.64. The van der Waals surface area contributed by atoms with Gasteiger partial charge in [0, 0.05) is 23.4 Å². The summed E-state index contributed by atoms with van der Waals surface area (Å²) >= 11 is 1.69. The molecule has 6 heteroatoms. The highest BCUT2D eigenvalue weighted by molar-refractivity contribution is 7.10.